The number of aromatic nitrogens is 3. The molecule has 3 aromatic rings. The third kappa shape index (κ3) is 3.14. The molecule has 1 aliphatic rings. The number of ether oxygens (including phenoxy) is 2. The van der Waals surface area contributed by atoms with Crippen molar-refractivity contribution in [3.8, 4) is 17.6 Å². The fraction of sp³-hybridized carbons (Fsp3) is 0.235. The molecule has 0 saturated heterocycles. The molecule has 0 aliphatic carbocycles. The highest BCUT2D eigenvalue weighted by Gasteiger charge is 2.20. The maximum Gasteiger partial charge on any atom is 0.231 e. The van der Waals surface area contributed by atoms with Crippen LogP contribution in [0.4, 0.5) is 5.82 Å². The molecule has 1 aliphatic heterocycles. The summed E-state index contributed by atoms with van der Waals surface area (Å²) in [5.74, 6) is 1.90. The predicted molar refractivity (Wildman–Crippen MR) is 106 cm³/mol. The standard InChI is InChI=1S/C17H14IN5O2S/c18-10-7-12-13(25-9-24-12)8-14(10)26-17-22-15-11(3-5-21-16(15)20)23(17)6-2-1-4-19/h3,5,7-8H,1-2,6,9H2,(H2,20,21). The number of aryl methyl sites for hydroxylation is 1. The van der Waals surface area contributed by atoms with Crippen LogP contribution in [0.3, 0.4) is 0 Å². The number of halogens is 1. The van der Waals surface area contributed by atoms with E-state index < -0.39 is 0 Å². The Kier molecular flexibility index (Phi) is 4.78. The molecule has 7 nitrogen and oxygen atoms in total. The molecule has 2 N–H and O–H groups in total. The number of nitrogens with two attached hydrogens (primary N) is 1. The maximum atomic E-state index is 8.85. The summed E-state index contributed by atoms with van der Waals surface area (Å²) in [5, 5.41) is 9.66. The number of nitrogen functional groups attached to an aromatic ring is 1. The SMILES string of the molecule is N#CCCCn1c(Sc2cc3c(cc2I)OCO3)nc2c(N)nccc21. The van der Waals surface area contributed by atoms with Crippen LogP contribution in [0, 0.1) is 14.9 Å². The molecule has 0 amide bonds. The van der Waals surface area contributed by atoms with E-state index in [0.717, 1.165) is 37.1 Å². The summed E-state index contributed by atoms with van der Waals surface area (Å²) in [7, 11) is 0. The first-order valence-electron chi connectivity index (χ1n) is 7.92. The topological polar surface area (TPSA) is 99.0 Å². The Balaban J connectivity index is 1.75. The molecule has 0 bridgehead atoms. The Morgan fingerprint density at radius 1 is 1.35 bits per heavy atom. The van der Waals surface area contributed by atoms with Crippen LogP contribution >= 0.6 is 34.4 Å². The molecule has 1 aromatic carbocycles. The zero-order valence-electron chi connectivity index (χ0n) is 13.6. The number of nitrogens with zero attached hydrogens (tertiary/aromatic N) is 4. The zero-order chi connectivity index (χ0) is 18.1. The third-order valence-corrected chi connectivity index (χ3v) is 6.27. The lowest BCUT2D eigenvalue weighted by Crippen LogP contribution is -2.00. The monoisotopic (exact) mass is 479 g/mol. The van der Waals surface area contributed by atoms with E-state index in [9.17, 15) is 0 Å². The quantitative estimate of drug-likeness (QED) is 0.439. The minimum Gasteiger partial charge on any atom is -0.454 e. The number of unbranched alkanes of at least 4 members (excludes halogenated alkanes) is 1. The number of nitriles is 1. The summed E-state index contributed by atoms with van der Waals surface area (Å²) in [6.07, 6.45) is 2.92. The number of pyridine rings is 1. The van der Waals surface area contributed by atoms with Gasteiger partial charge in [-0.3, -0.25) is 0 Å². The van der Waals surface area contributed by atoms with Crippen LogP contribution in [0.2, 0.25) is 0 Å². The van der Waals surface area contributed by atoms with Gasteiger partial charge in [-0.1, -0.05) is 11.8 Å². The van der Waals surface area contributed by atoms with Gasteiger partial charge in [0.1, 0.15) is 5.52 Å². The molecule has 0 unspecified atom stereocenters. The fourth-order valence-electron chi connectivity index (χ4n) is 2.74. The highest BCUT2D eigenvalue weighted by molar-refractivity contribution is 14.1. The lowest BCUT2D eigenvalue weighted by atomic mass is 10.3. The average Bonchev–Trinajstić information content (AvgIpc) is 3.21. The molecule has 4 rings (SSSR count). The number of benzene rings is 1. The second-order valence-corrected chi connectivity index (χ2v) is 7.78. The molecule has 0 radical (unpaired) electrons. The van der Waals surface area contributed by atoms with Gasteiger partial charge in [0.05, 0.1) is 11.6 Å². The molecule has 3 heterocycles. The summed E-state index contributed by atoms with van der Waals surface area (Å²) in [5.41, 5.74) is 7.61. The van der Waals surface area contributed by atoms with Crippen LogP contribution in [0.5, 0.6) is 11.5 Å². The molecule has 132 valence electrons. The molecule has 0 saturated carbocycles. The largest absolute Gasteiger partial charge is 0.454 e. The number of anilines is 1. The van der Waals surface area contributed by atoms with E-state index in [1.807, 2.05) is 18.2 Å². The van der Waals surface area contributed by atoms with Crippen molar-refractivity contribution in [2.75, 3.05) is 12.5 Å². The van der Waals surface area contributed by atoms with Crippen LogP contribution in [0.1, 0.15) is 12.8 Å². The molecule has 26 heavy (non-hydrogen) atoms. The normalized spacial score (nSPS) is 12.5. The van der Waals surface area contributed by atoms with Crippen molar-refractivity contribution in [2.45, 2.75) is 29.4 Å². The fourth-order valence-corrected chi connectivity index (χ4v) is 4.46. The molecule has 0 atom stereocenters. The number of imidazole rings is 1. The minimum atomic E-state index is 0.244. The van der Waals surface area contributed by atoms with Gasteiger partial charge >= 0.3 is 0 Å². The number of rotatable bonds is 5. The number of hydrogen-bond donors (Lipinski definition) is 1. The number of hydrogen-bond acceptors (Lipinski definition) is 7. The van der Waals surface area contributed by atoms with Crippen molar-refractivity contribution < 1.29 is 9.47 Å². The average molecular weight is 479 g/mol. The Labute approximate surface area is 167 Å². The van der Waals surface area contributed by atoms with E-state index in [4.69, 9.17) is 25.5 Å². The third-order valence-electron chi connectivity index (χ3n) is 3.96. The van der Waals surface area contributed by atoms with Crippen molar-refractivity contribution in [3.63, 3.8) is 0 Å². The van der Waals surface area contributed by atoms with Gasteiger partial charge in [0.15, 0.2) is 22.5 Å². The first-order valence-corrected chi connectivity index (χ1v) is 9.81. The van der Waals surface area contributed by atoms with Gasteiger partial charge in [0.25, 0.3) is 0 Å². The lowest BCUT2D eigenvalue weighted by molar-refractivity contribution is 0.174. The van der Waals surface area contributed by atoms with Crippen molar-refractivity contribution in [3.05, 3.63) is 28.0 Å². The van der Waals surface area contributed by atoms with Crippen molar-refractivity contribution in [1.82, 2.24) is 14.5 Å². The van der Waals surface area contributed by atoms with Gasteiger partial charge < -0.3 is 19.8 Å². The van der Waals surface area contributed by atoms with Crippen molar-refractivity contribution in [2.24, 2.45) is 0 Å². The first-order chi connectivity index (χ1) is 12.7. The Hall–Kier alpha value is -2.19. The molecule has 2 aromatic heterocycles. The van der Waals surface area contributed by atoms with E-state index in [-0.39, 0.29) is 6.79 Å². The summed E-state index contributed by atoms with van der Waals surface area (Å²) < 4.78 is 14.1. The molecule has 0 fully saturated rings. The van der Waals surface area contributed by atoms with E-state index in [2.05, 4.69) is 38.2 Å². The zero-order valence-corrected chi connectivity index (χ0v) is 16.6. The van der Waals surface area contributed by atoms with Crippen molar-refractivity contribution in [1.29, 1.82) is 5.26 Å². The van der Waals surface area contributed by atoms with Crippen molar-refractivity contribution >= 4 is 51.2 Å². The second-order valence-electron chi connectivity index (χ2n) is 5.61. The first kappa shape index (κ1) is 17.2. The van der Waals surface area contributed by atoms with Gasteiger partial charge in [0.2, 0.25) is 6.79 Å². The maximum absolute atomic E-state index is 8.85. The number of fused-ring (bicyclic) bond motifs is 2. The molecule has 9 heteroatoms. The van der Waals surface area contributed by atoms with Crippen LogP contribution in [0.15, 0.2) is 34.4 Å². The summed E-state index contributed by atoms with van der Waals surface area (Å²) in [4.78, 5) is 9.86. The van der Waals surface area contributed by atoms with Gasteiger partial charge in [-0.15, -0.1) is 0 Å². The molecular weight excluding hydrogens is 465 g/mol. The van der Waals surface area contributed by atoms with Gasteiger partial charge in [-0.05, 0) is 47.2 Å². The van der Waals surface area contributed by atoms with Crippen LogP contribution in [0.25, 0.3) is 11.0 Å². The van der Waals surface area contributed by atoms with E-state index in [0.29, 0.717) is 24.3 Å². The van der Waals surface area contributed by atoms with E-state index >= 15 is 0 Å². The summed E-state index contributed by atoms with van der Waals surface area (Å²) in [6.45, 7) is 0.936. The molecule has 0 spiro atoms. The van der Waals surface area contributed by atoms with Crippen LogP contribution < -0.4 is 15.2 Å². The highest BCUT2D eigenvalue weighted by atomic mass is 127. The van der Waals surface area contributed by atoms with E-state index in [1.54, 1.807) is 18.0 Å². The van der Waals surface area contributed by atoms with Gasteiger partial charge in [0, 0.05) is 27.6 Å². The highest BCUT2D eigenvalue weighted by Crippen LogP contribution is 2.41. The van der Waals surface area contributed by atoms with Crippen LogP contribution in [-0.4, -0.2) is 21.3 Å². The Morgan fingerprint density at radius 3 is 2.96 bits per heavy atom. The summed E-state index contributed by atoms with van der Waals surface area (Å²) >= 11 is 3.82. The smallest absolute Gasteiger partial charge is 0.231 e. The van der Waals surface area contributed by atoms with Crippen LogP contribution in [-0.2, 0) is 6.54 Å². The lowest BCUT2D eigenvalue weighted by Gasteiger charge is -2.09. The summed E-state index contributed by atoms with van der Waals surface area (Å²) in [6, 6.07) is 8.02. The van der Waals surface area contributed by atoms with Gasteiger partial charge in [-0.25, -0.2) is 9.97 Å². The predicted octanol–water partition coefficient (Wildman–Crippen LogP) is 3.80. The Bertz CT molecular complexity index is 1030. The second kappa shape index (κ2) is 7.20. The Morgan fingerprint density at radius 2 is 2.15 bits per heavy atom. The van der Waals surface area contributed by atoms with Gasteiger partial charge in [-0.2, -0.15) is 5.26 Å². The minimum absolute atomic E-state index is 0.244. The van der Waals surface area contributed by atoms with E-state index in [1.165, 1.54) is 0 Å². The molecular formula is C17H14IN5O2S.